The van der Waals surface area contributed by atoms with E-state index >= 15 is 0 Å². The lowest BCUT2D eigenvalue weighted by Gasteiger charge is -2.37. The van der Waals surface area contributed by atoms with Gasteiger partial charge in [0.2, 0.25) is 11.8 Å². The number of amides is 3. The minimum atomic E-state index is -1.25. The van der Waals surface area contributed by atoms with E-state index in [-0.39, 0.29) is 55.2 Å². The van der Waals surface area contributed by atoms with Crippen LogP contribution >= 0.6 is 27.5 Å². The SMILES string of the molecule is C=CCCC(=O)NC[C@H](C)OC(=O)[C@@H]1[C@H]2O[C@@]3(CC2Br)[C@H](C(=O)N(CC=C)c2ccc(Cl)cc2)N(CCCCCO)C(=O)[C@@H]13. The molecule has 2 bridgehead atoms. The highest BCUT2D eigenvalue weighted by molar-refractivity contribution is 9.09. The number of esters is 1. The van der Waals surface area contributed by atoms with Crippen LogP contribution in [0.1, 0.15) is 45.4 Å². The van der Waals surface area contributed by atoms with Crippen LogP contribution in [0.25, 0.3) is 0 Å². The molecule has 7 atom stereocenters. The zero-order chi connectivity index (χ0) is 32.0. The number of halogens is 2. The molecule has 0 aromatic heterocycles. The number of fused-ring (bicyclic) bond motifs is 1. The van der Waals surface area contributed by atoms with Gasteiger partial charge in [0.15, 0.2) is 0 Å². The van der Waals surface area contributed by atoms with Crippen LogP contribution in [0.5, 0.6) is 0 Å². The number of hydrogen-bond acceptors (Lipinski definition) is 7. The van der Waals surface area contributed by atoms with Crippen LogP contribution in [0.4, 0.5) is 5.69 Å². The molecule has 3 fully saturated rings. The fourth-order valence-corrected chi connectivity index (χ4v) is 7.68. The third-order valence-corrected chi connectivity index (χ3v) is 9.64. The van der Waals surface area contributed by atoms with Gasteiger partial charge < -0.3 is 29.7 Å². The van der Waals surface area contributed by atoms with Crippen molar-refractivity contribution in [3.8, 4) is 0 Å². The van der Waals surface area contributed by atoms with Crippen LogP contribution in [0.3, 0.4) is 0 Å². The van der Waals surface area contributed by atoms with Gasteiger partial charge in [0.1, 0.15) is 17.7 Å². The summed E-state index contributed by atoms with van der Waals surface area (Å²) in [6.45, 7) is 9.73. The molecule has 3 aliphatic heterocycles. The zero-order valence-corrected chi connectivity index (χ0v) is 27.3. The number of rotatable bonds is 16. The van der Waals surface area contributed by atoms with Crippen LogP contribution in [-0.2, 0) is 28.7 Å². The molecule has 44 heavy (non-hydrogen) atoms. The van der Waals surface area contributed by atoms with Crippen LogP contribution in [-0.4, -0.2) is 88.6 Å². The quantitative estimate of drug-likeness (QED) is 0.117. The van der Waals surface area contributed by atoms with Gasteiger partial charge in [0.25, 0.3) is 5.91 Å². The summed E-state index contributed by atoms with van der Waals surface area (Å²) in [6, 6.07) is 5.86. The van der Waals surface area contributed by atoms with Crippen molar-refractivity contribution in [2.45, 2.75) is 74.1 Å². The monoisotopic (exact) mass is 693 g/mol. The molecule has 1 unspecified atom stereocenters. The van der Waals surface area contributed by atoms with Gasteiger partial charge >= 0.3 is 5.97 Å². The van der Waals surface area contributed by atoms with E-state index in [4.69, 9.17) is 21.1 Å². The third-order valence-electron chi connectivity index (χ3n) is 8.55. The highest BCUT2D eigenvalue weighted by Crippen LogP contribution is 2.60. The first-order valence-electron chi connectivity index (χ1n) is 15.1. The second kappa shape index (κ2) is 15.0. The van der Waals surface area contributed by atoms with Gasteiger partial charge in [-0.15, -0.1) is 13.2 Å². The molecule has 0 radical (unpaired) electrons. The molecule has 240 valence electrons. The summed E-state index contributed by atoms with van der Waals surface area (Å²) in [7, 11) is 0. The Morgan fingerprint density at radius 1 is 1.25 bits per heavy atom. The number of aliphatic hydroxyl groups excluding tert-OH is 1. The van der Waals surface area contributed by atoms with E-state index in [2.05, 4.69) is 34.4 Å². The minimum Gasteiger partial charge on any atom is -0.460 e. The number of nitrogens with one attached hydrogen (secondary N) is 1. The summed E-state index contributed by atoms with van der Waals surface area (Å²) in [5, 5.41) is 12.6. The van der Waals surface area contributed by atoms with Gasteiger partial charge in [0.05, 0.1) is 24.5 Å². The van der Waals surface area contributed by atoms with Crippen LogP contribution in [0, 0.1) is 11.8 Å². The van der Waals surface area contributed by atoms with Gasteiger partial charge in [-0.25, -0.2) is 0 Å². The van der Waals surface area contributed by atoms with Gasteiger partial charge in [0, 0.05) is 41.7 Å². The topological polar surface area (TPSA) is 125 Å². The number of hydrogen-bond donors (Lipinski definition) is 2. The van der Waals surface area contributed by atoms with Crippen molar-refractivity contribution in [1.29, 1.82) is 0 Å². The maximum Gasteiger partial charge on any atom is 0.312 e. The maximum atomic E-state index is 14.5. The second-order valence-corrected chi connectivity index (χ2v) is 13.2. The van der Waals surface area contributed by atoms with Crippen LogP contribution < -0.4 is 10.2 Å². The lowest BCUT2D eigenvalue weighted by Crippen LogP contribution is -2.57. The molecule has 3 amide bonds. The van der Waals surface area contributed by atoms with E-state index in [0.717, 1.165) is 0 Å². The summed E-state index contributed by atoms with van der Waals surface area (Å²) < 4.78 is 12.3. The second-order valence-electron chi connectivity index (χ2n) is 11.6. The molecule has 2 N–H and O–H groups in total. The molecule has 3 heterocycles. The fourth-order valence-electron chi connectivity index (χ4n) is 6.61. The predicted octanol–water partition coefficient (Wildman–Crippen LogP) is 3.78. The van der Waals surface area contributed by atoms with Gasteiger partial charge in [-0.2, -0.15) is 0 Å². The standard InChI is InChI=1S/C32H41BrClN3O7/c1-4-6-10-24(39)35-19-20(3)43-31(42)25-26-29(40)37(16-8-7-9-17-38)28(32(26)18-23(33)27(25)44-32)30(41)36(15-5-2)22-13-11-21(34)12-14-22/h4-5,11-14,20,23,25-28,38H,1-2,6-10,15-19H2,3H3,(H,35,39)/t20-,23?,25-,26+,27-,28-,32+/m0/s1. The molecule has 1 spiro atoms. The average Bonchev–Trinajstić information content (AvgIpc) is 3.59. The Kier molecular flexibility index (Phi) is 11.7. The molecule has 4 rings (SSSR count). The van der Waals surface area contributed by atoms with Crippen LogP contribution in [0.15, 0.2) is 49.6 Å². The summed E-state index contributed by atoms with van der Waals surface area (Å²) in [5.74, 6) is -3.27. The van der Waals surface area contributed by atoms with Crippen molar-refractivity contribution >= 4 is 56.9 Å². The third kappa shape index (κ3) is 6.90. The average molecular weight is 695 g/mol. The highest BCUT2D eigenvalue weighted by atomic mass is 79.9. The Morgan fingerprint density at radius 2 is 1.98 bits per heavy atom. The fraction of sp³-hybridized carbons (Fsp3) is 0.562. The van der Waals surface area contributed by atoms with Crippen LogP contribution in [0.2, 0.25) is 5.02 Å². The lowest BCUT2D eigenvalue weighted by molar-refractivity contribution is -0.159. The van der Waals surface area contributed by atoms with E-state index in [0.29, 0.717) is 42.8 Å². The highest BCUT2D eigenvalue weighted by Gasteiger charge is 2.77. The first-order valence-corrected chi connectivity index (χ1v) is 16.4. The van der Waals surface area contributed by atoms with E-state index in [1.54, 1.807) is 53.1 Å². The number of alkyl halides is 1. The molecule has 0 aliphatic carbocycles. The summed E-state index contributed by atoms with van der Waals surface area (Å²) in [5.41, 5.74) is -0.656. The Balaban J connectivity index is 1.62. The summed E-state index contributed by atoms with van der Waals surface area (Å²) in [4.78, 5) is 57.3. The number of unbranched alkanes of at least 4 members (excludes halogenated alkanes) is 2. The first kappa shape index (κ1) is 34.1. The summed E-state index contributed by atoms with van der Waals surface area (Å²) in [6.07, 6.45) is 4.95. The van der Waals surface area contributed by atoms with E-state index in [1.165, 1.54) is 0 Å². The number of nitrogens with zero attached hydrogens (tertiary/aromatic N) is 2. The largest absolute Gasteiger partial charge is 0.460 e. The molecular weight excluding hydrogens is 654 g/mol. The number of carbonyl (C=O) groups excluding carboxylic acids is 4. The van der Waals surface area contributed by atoms with Crippen molar-refractivity contribution < 1.29 is 33.8 Å². The Morgan fingerprint density at radius 3 is 2.64 bits per heavy atom. The van der Waals surface area contributed by atoms with E-state index < -0.39 is 41.7 Å². The first-order chi connectivity index (χ1) is 21.1. The number of benzene rings is 1. The van der Waals surface area contributed by atoms with Crippen molar-refractivity contribution in [2.75, 3.05) is 31.1 Å². The molecule has 1 aromatic rings. The smallest absolute Gasteiger partial charge is 0.312 e. The number of anilines is 1. The predicted molar refractivity (Wildman–Crippen MR) is 170 cm³/mol. The van der Waals surface area contributed by atoms with Gasteiger partial charge in [-0.1, -0.05) is 39.7 Å². The Labute approximate surface area is 271 Å². The lowest BCUT2D eigenvalue weighted by atomic mass is 9.70. The number of allylic oxidation sites excluding steroid dienone is 1. The maximum absolute atomic E-state index is 14.5. The molecule has 3 aliphatic rings. The minimum absolute atomic E-state index is 0.0312. The van der Waals surface area contributed by atoms with Crippen molar-refractivity contribution in [2.24, 2.45) is 11.8 Å². The van der Waals surface area contributed by atoms with Crippen molar-refractivity contribution in [1.82, 2.24) is 10.2 Å². The number of ether oxygens (including phenoxy) is 2. The van der Waals surface area contributed by atoms with E-state index in [9.17, 15) is 24.3 Å². The molecule has 3 saturated heterocycles. The van der Waals surface area contributed by atoms with Gasteiger partial charge in [-0.05, 0) is 63.3 Å². The van der Waals surface area contributed by atoms with Crippen molar-refractivity contribution in [3.05, 3.63) is 54.6 Å². The molecule has 10 nitrogen and oxygen atoms in total. The number of likely N-dealkylation sites (tertiary alicyclic amines) is 1. The number of aliphatic hydroxyl groups is 1. The Bertz CT molecular complexity index is 1250. The van der Waals surface area contributed by atoms with E-state index in [1.807, 2.05) is 0 Å². The van der Waals surface area contributed by atoms with Gasteiger partial charge in [-0.3, -0.25) is 19.2 Å². The molecule has 1 aromatic carbocycles. The molecular formula is C32H41BrClN3O7. The Hall–Kier alpha value is -2.73. The molecule has 0 saturated carbocycles. The number of carbonyl (C=O) groups is 4. The molecule has 12 heteroatoms. The normalized spacial score (nSPS) is 27.5. The van der Waals surface area contributed by atoms with Crippen molar-refractivity contribution in [3.63, 3.8) is 0 Å². The zero-order valence-electron chi connectivity index (χ0n) is 25.0. The summed E-state index contributed by atoms with van der Waals surface area (Å²) >= 11 is 9.79.